The van der Waals surface area contributed by atoms with Crippen LogP contribution >= 0.6 is 0 Å². The molecular formula is C24H32N5Na3O3. The Morgan fingerprint density at radius 1 is 1.00 bits per heavy atom. The van der Waals surface area contributed by atoms with E-state index >= 15 is 0 Å². The van der Waals surface area contributed by atoms with Gasteiger partial charge in [-0.25, -0.2) is 9.89 Å². The molecule has 1 aromatic heterocycles. The van der Waals surface area contributed by atoms with Gasteiger partial charge in [-0.1, -0.05) is 75.7 Å². The van der Waals surface area contributed by atoms with E-state index in [9.17, 15) is 14.7 Å². The minimum atomic E-state index is -0.976. The van der Waals surface area contributed by atoms with Gasteiger partial charge in [0.1, 0.15) is 6.04 Å². The van der Waals surface area contributed by atoms with E-state index in [1.54, 1.807) is 0 Å². The van der Waals surface area contributed by atoms with Gasteiger partial charge in [-0.05, 0) is 39.5 Å². The number of H-pyrrole nitrogens is 1. The summed E-state index contributed by atoms with van der Waals surface area (Å²) in [6.45, 7) is 5.93. The van der Waals surface area contributed by atoms with Gasteiger partial charge in [-0.3, -0.25) is 4.79 Å². The monoisotopic (exact) mass is 507 g/mol. The van der Waals surface area contributed by atoms with Crippen molar-refractivity contribution in [2.24, 2.45) is 5.92 Å². The van der Waals surface area contributed by atoms with Gasteiger partial charge in [0.25, 0.3) is 0 Å². The number of aromatic nitrogens is 4. The quantitative estimate of drug-likeness (QED) is 0.407. The molecule has 0 radical (unpaired) electrons. The van der Waals surface area contributed by atoms with Crippen LogP contribution in [-0.4, -0.2) is 137 Å². The molecule has 0 saturated heterocycles. The van der Waals surface area contributed by atoms with E-state index < -0.39 is 12.0 Å². The maximum atomic E-state index is 12.9. The van der Waals surface area contributed by atoms with Crippen molar-refractivity contribution in [3.05, 3.63) is 54.1 Å². The molecule has 0 aliphatic rings. The Bertz CT molecular complexity index is 1050. The number of unbranched alkanes of at least 4 members (excludes halogenated alkanes) is 1. The summed E-state index contributed by atoms with van der Waals surface area (Å²) in [5.74, 6) is -0.713. The van der Waals surface area contributed by atoms with Crippen LogP contribution in [0.4, 0.5) is 0 Å². The Balaban J connectivity index is 0.00000385. The van der Waals surface area contributed by atoms with Crippen molar-refractivity contribution in [1.82, 2.24) is 25.5 Å². The number of rotatable bonds is 10. The number of carboxylic acids is 1. The van der Waals surface area contributed by atoms with Gasteiger partial charge >= 0.3 is 94.6 Å². The molecule has 0 bridgehead atoms. The summed E-state index contributed by atoms with van der Waals surface area (Å²) in [5, 5.41) is 23.9. The zero-order valence-corrected chi connectivity index (χ0v) is 18.7. The number of tetrazole rings is 1. The molecule has 35 heavy (non-hydrogen) atoms. The standard InChI is InChI=1S/C24H29N5O3.3Na.3H/c1-4-5-10-21(30)29(22(16(2)3)24(31)32)15-17-11-13-18(14-12-17)19-8-6-7-9-20(19)23-25-27-28-26-23;;;;;;/h6-9,11-14,16,22H,4-5,10,15H2,1-3H3,(H,31,32)(H,25,26,27,28);;;;;;/t22-;;;;;;/m0....../s1. The van der Waals surface area contributed by atoms with Crippen LogP contribution < -0.4 is 0 Å². The third-order valence-corrected chi connectivity index (χ3v) is 5.43. The van der Waals surface area contributed by atoms with Crippen LogP contribution in [-0.2, 0) is 16.1 Å². The summed E-state index contributed by atoms with van der Waals surface area (Å²) < 4.78 is 0. The van der Waals surface area contributed by atoms with E-state index in [0.29, 0.717) is 12.2 Å². The summed E-state index contributed by atoms with van der Waals surface area (Å²) in [6, 6.07) is 14.8. The molecule has 1 heterocycles. The van der Waals surface area contributed by atoms with Gasteiger partial charge in [0.05, 0.1) is 0 Å². The van der Waals surface area contributed by atoms with Crippen molar-refractivity contribution in [3.8, 4) is 22.5 Å². The summed E-state index contributed by atoms with van der Waals surface area (Å²) in [4.78, 5) is 26.3. The van der Waals surface area contributed by atoms with Crippen molar-refractivity contribution in [2.75, 3.05) is 0 Å². The van der Waals surface area contributed by atoms with Crippen molar-refractivity contribution in [3.63, 3.8) is 0 Å². The second-order valence-electron chi connectivity index (χ2n) is 8.14. The van der Waals surface area contributed by atoms with E-state index in [0.717, 1.165) is 35.1 Å². The SMILES string of the molecule is CCCCC(=O)N(Cc1ccc(-c2ccccc2-c2nnn[nH]2)cc1)[C@H](C(=O)O)C(C)C.[NaH].[NaH].[NaH]. The number of carbonyl (C=O) groups excluding carboxylic acids is 1. The zero-order chi connectivity index (χ0) is 23.1. The predicted molar refractivity (Wildman–Crippen MR) is 143 cm³/mol. The number of carbonyl (C=O) groups is 2. The number of carboxylic acid groups (broad SMARTS) is 1. The fourth-order valence-electron chi connectivity index (χ4n) is 3.79. The Morgan fingerprint density at radius 2 is 1.63 bits per heavy atom. The van der Waals surface area contributed by atoms with Gasteiger partial charge in [-0.15, -0.1) is 5.10 Å². The predicted octanol–water partition coefficient (Wildman–Crippen LogP) is 2.22. The van der Waals surface area contributed by atoms with E-state index in [4.69, 9.17) is 0 Å². The fraction of sp³-hybridized carbons (Fsp3) is 0.375. The average molecular weight is 508 g/mol. The molecule has 2 N–H and O–H groups in total. The summed E-state index contributed by atoms with van der Waals surface area (Å²) >= 11 is 0. The number of nitrogens with one attached hydrogen (secondary N) is 1. The first kappa shape index (κ1) is 34.5. The molecule has 3 rings (SSSR count). The first-order valence-corrected chi connectivity index (χ1v) is 10.9. The first-order valence-electron chi connectivity index (χ1n) is 10.9. The molecule has 11 heteroatoms. The molecule has 174 valence electrons. The molecule has 8 nitrogen and oxygen atoms in total. The number of amides is 1. The van der Waals surface area contributed by atoms with Crippen LogP contribution in [0.5, 0.6) is 0 Å². The Hall–Kier alpha value is -0.550. The molecule has 0 fully saturated rings. The Labute approximate surface area is 272 Å². The van der Waals surface area contributed by atoms with Gasteiger partial charge in [-0.2, -0.15) is 0 Å². The number of nitrogens with zero attached hydrogens (tertiary/aromatic N) is 4. The number of hydrogen-bond acceptors (Lipinski definition) is 5. The number of benzene rings is 2. The van der Waals surface area contributed by atoms with E-state index in [-0.39, 0.29) is 107 Å². The van der Waals surface area contributed by atoms with Crippen LogP contribution in [0.1, 0.15) is 45.6 Å². The molecule has 1 atom stereocenters. The molecule has 2 aromatic carbocycles. The third kappa shape index (κ3) is 9.36. The molecule has 0 unspecified atom stereocenters. The van der Waals surface area contributed by atoms with E-state index in [1.165, 1.54) is 4.90 Å². The van der Waals surface area contributed by atoms with Crippen molar-refractivity contribution < 1.29 is 14.7 Å². The normalized spacial score (nSPS) is 11.0. The molecule has 0 spiro atoms. The van der Waals surface area contributed by atoms with Crippen LogP contribution in [0.2, 0.25) is 0 Å². The van der Waals surface area contributed by atoms with Crippen LogP contribution in [0, 0.1) is 5.92 Å². The fourth-order valence-corrected chi connectivity index (χ4v) is 3.79. The second-order valence-corrected chi connectivity index (χ2v) is 8.14. The Kier molecular flexibility index (Phi) is 16.8. The van der Waals surface area contributed by atoms with E-state index in [1.807, 2.05) is 69.3 Å². The van der Waals surface area contributed by atoms with Gasteiger partial charge in [0.2, 0.25) is 5.91 Å². The van der Waals surface area contributed by atoms with Crippen molar-refractivity contribution >= 4 is 101 Å². The Morgan fingerprint density at radius 3 is 2.14 bits per heavy atom. The number of aliphatic carboxylic acids is 1. The average Bonchev–Trinajstić information content (AvgIpc) is 3.32. The minimum absolute atomic E-state index is 0. The summed E-state index contributed by atoms with van der Waals surface area (Å²) in [6.07, 6.45) is 1.98. The van der Waals surface area contributed by atoms with Gasteiger partial charge in [0, 0.05) is 18.5 Å². The third-order valence-electron chi connectivity index (χ3n) is 5.43. The van der Waals surface area contributed by atoms with Crippen molar-refractivity contribution in [2.45, 2.75) is 52.6 Å². The van der Waals surface area contributed by atoms with Crippen molar-refractivity contribution in [1.29, 1.82) is 0 Å². The topological polar surface area (TPSA) is 112 Å². The first-order chi connectivity index (χ1) is 15.4. The van der Waals surface area contributed by atoms with Gasteiger partial charge in [0.15, 0.2) is 5.82 Å². The van der Waals surface area contributed by atoms with Crippen LogP contribution in [0.3, 0.4) is 0 Å². The maximum absolute atomic E-state index is 12.9. The summed E-state index contributed by atoms with van der Waals surface area (Å²) in [7, 11) is 0. The van der Waals surface area contributed by atoms with E-state index in [2.05, 4.69) is 20.6 Å². The molecule has 0 saturated carbocycles. The molecule has 0 aliphatic heterocycles. The number of aromatic amines is 1. The molecule has 0 aliphatic carbocycles. The van der Waals surface area contributed by atoms with Crippen LogP contribution in [0.15, 0.2) is 48.5 Å². The van der Waals surface area contributed by atoms with Crippen LogP contribution in [0.25, 0.3) is 22.5 Å². The molecule has 1 amide bonds. The van der Waals surface area contributed by atoms with Gasteiger partial charge < -0.3 is 10.0 Å². The number of hydrogen-bond donors (Lipinski definition) is 2. The molecular weight excluding hydrogens is 475 g/mol. The second kappa shape index (κ2) is 17.1. The zero-order valence-electron chi connectivity index (χ0n) is 18.7. The summed E-state index contributed by atoms with van der Waals surface area (Å²) in [5.41, 5.74) is 3.71. The molecule has 3 aromatic rings.